The Labute approximate surface area is 197 Å². The van der Waals surface area contributed by atoms with E-state index in [1.807, 2.05) is 80.6 Å². The van der Waals surface area contributed by atoms with Gasteiger partial charge in [0.2, 0.25) is 0 Å². The van der Waals surface area contributed by atoms with Crippen LogP contribution >= 0.6 is 0 Å². The van der Waals surface area contributed by atoms with Crippen molar-refractivity contribution in [3.63, 3.8) is 0 Å². The molecule has 2 aliphatic rings. The number of carbonyl (C=O) groups is 2. The number of para-hydroxylation sites is 3. The minimum atomic E-state index is -1.13. The number of H-pyrrole nitrogens is 1. The van der Waals surface area contributed by atoms with Crippen molar-refractivity contribution >= 4 is 28.5 Å². The Morgan fingerprint density at radius 2 is 1.68 bits per heavy atom. The maximum Gasteiger partial charge on any atom is 0.332 e. The Bertz CT molecular complexity index is 1470. The molecule has 2 atom stereocenters. The van der Waals surface area contributed by atoms with Crippen LogP contribution in [0.2, 0.25) is 0 Å². The highest BCUT2D eigenvalue weighted by atomic mass is 16.5. The highest BCUT2D eigenvalue weighted by Gasteiger charge is 2.61. The van der Waals surface area contributed by atoms with Crippen LogP contribution in [-0.4, -0.2) is 35.5 Å². The number of nitrogens with zero attached hydrogens (tertiary/aromatic N) is 2. The maximum absolute atomic E-state index is 14.0. The molecular formula is C28H25N3O3. The largest absolute Gasteiger partial charge is 0.496 e. The van der Waals surface area contributed by atoms with E-state index in [1.165, 1.54) is 4.90 Å². The van der Waals surface area contributed by atoms with Crippen LogP contribution in [-0.2, 0) is 10.3 Å². The number of aryl methyl sites for hydroxylation is 1. The summed E-state index contributed by atoms with van der Waals surface area (Å²) in [4.78, 5) is 34.5. The average molecular weight is 452 g/mol. The highest BCUT2D eigenvalue weighted by Crippen LogP contribution is 2.51. The van der Waals surface area contributed by atoms with E-state index in [2.05, 4.69) is 11.1 Å². The fourth-order valence-electron chi connectivity index (χ4n) is 5.65. The Morgan fingerprint density at radius 1 is 0.971 bits per heavy atom. The lowest BCUT2D eigenvalue weighted by Gasteiger charge is -2.40. The number of hydrogen-bond donors (Lipinski definition) is 1. The topological polar surface area (TPSA) is 65.6 Å². The van der Waals surface area contributed by atoms with Crippen molar-refractivity contribution in [2.24, 2.45) is 0 Å². The molecule has 170 valence electrons. The number of hydrogen-bond acceptors (Lipinski definition) is 3. The van der Waals surface area contributed by atoms with E-state index >= 15 is 0 Å². The lowest BCUT2D eigenvalue weighted by molar-refractivity contribution is -0.125. The molecule has 3 heterocycles. The zero-order chi connectivity index (χ0) is 23.6. The van der Waals surface area contributed by atoms with Crippen LogP contribution in [0.1, 0.15) is 35.2 Å². The Morgan fingerprint density at radius 3 is 2.47 bits per heavy atom. The zero-order valence-electron chi connectivity index (χ0n) is 19.3. The van der Waals surface area contributed by atoms with Crippen LogP contribution in [0.25, 0.3) is 10.9 Å². The second kappa shape index (κ2) is 7.22. The summed E-state index contributed by atoms with van der Waals surface area (Å²) in [6.45, 7) is 4.15. The molecule has 0 aliphatic carbocycles. The first-order valence-electron chi connectivity index (χ1n) is 11.4. The zero-order valence-corrected chi connectivity index (χ0v) is 19.3. The number of methoxy groups -OCH3 is 1. The minimum Gasteiger partial charge on any atom is -0.496 e. The fraction of sp³-hybridized carbons (Fsp3) is 0.214. The van der Waals surface area contributed by atoms with Gasteiger partial charge in [0.25, 0.3) is 5.91 Å². The van der Waals surface area contributed by atoms with E-state index in [0.29, 0.717) is 12.2 Å². The number of rotatable bonds is 3. The van der Waals surface area contributed by atoms with Gasteiger partial charge in [0.15, 0.2) is 5.54 Å². The molecule has 1 N–H and O–H groups in total. The van der Waals surface area contributed by atoms with E-state index in [0.717, 1.165) is 39.0 Å². The smallest absolute Gasteiger partial charge is 0.332 e. The Kier molecular flexibility index (Phi) is 4.36. The third-order valence-corrected chi connectivity index (χ3v) is 7.40. The Hall–Kier alpha value is -4.06. The van der Waals surface area contributed by atoms with Crippen LogP contribution in [0.3, 0.4) is 0 Å². The SMILES string of the molecule is COc1ccccc1C1CN2C(=O)N(c3ccccc3C)C(=O)[C@]2(C)c2[nH]c3ccccc3c21. The summed E-state index contributed by atoms with van der Waals surface area (Å²) < 4.78 is 5.70. The normalized spacial score (nSPS) is 21.7. The first-order valence-corrected chi connectivity index (χ1v) is 11.4. The second-order valence-electron chi connectivity index (χ2n) is 9.15. The van der Waals surface area contributed by atoms with Crippen LogP contribution in [0.15, 0.2) is 72.8 Å². The monoisotopic (exact) mass is 451 g/mol. The van der Waals surface area contributed by atoms with Crippen molar-refractivity contribution in [2.75, 3.05) is 18.6 Å². The molecule has 1 unspecified atom stereocenters. The molecule has 4 aromatic rings. The number of aromatic amines is 1. The molecule has 0 radical (unpaired) electrons. The molecule has 6 nitrogen and oxygen atoms in total. The predicted octanol–water partition coefficient (Wildman–Crippen LogP) is 5.31. The summed E-state index contributed by atoms with van der Waals surface area (Å²) in [5.74, 6) is 0.378. The molecule has 2 aliphatic heterocycles. The summed E-state index contributed by atoms with van der Waals surface area (Å²) in [5, 5.41) is 1.06. The summed E-state index contributed by atoms with van der Waals surface area (Å²) in [7, 11) is 1.66. The van der Waals surface area contributed by atoms with E-state index in [-0.39, 0.29) is 17.9 Å². The van der Waals surface area contributed by atoms with E-state index in [4.69, 9.17) is 4.74 Å². The first kappa shape index (κ1) is 20.5. The molecule has 3 aromatic carbocycles. The first-order chi connectivity index (χ1) is 16.5. The van der Waals surface area contributed by atoms with Gasteiger partial charge < -0.3 is 14.6 Å². The molecule has 34 heavy (non-hydrogen) atoms. The van der Waals surface area contributed by atoms with Gasteiger partial charge in [0, 0.05) is 28.9 Å². The summed E-state index contributed by atoms with van der Waals surface area (Å²) >= 11 is 0. The molecule has 1 fully saturated rings. The lowest BCUT2D eigenvalue weighted by atomic mass is 9.78. The molecular weight excluding hydrogens is 426 g/mol. The van der Waals surface area contributed by atoms with Crippen LogP contribution in [0, 0.1) is 6.92 Å². The van der Waals surface area contributed by atoms with Gasteiger partial charge in [-0.15, -0.1) is 0 Å². The lowest BCUT2D eigenvalue weighted by Crippen LogP contribution is -2.50. The van der Waals surface area contributed by atoms with Crippen molar-refractivity contribution in [3.05, 3.63) is 95.2 Å². The van der Waals surface area contributed by atoms with Gasteiger partial charge in [-0.1, -0.05) is 54.6 Å². The standard InChI is InChI=1S/C28H25N3O3/c1-17-10-4-8-14-22(17)31-26(32)28(2)25-24(19-12-5-7-13-21(19)29-25)20(16-30(28)27(31)33)18-11-6-9-15-23(18)34-3/h4-15,20,29H,16H2,1-3H3/t20?,28-/m0/s1. The van der Waals surface area contributed by atoms with Gasteiger partial charge >= 0.3 is 6.03 Å². The van der Waals surface area contributed by atoms with Crippen LogP contribution in [0.5, 0.6) is 5.75 Å². The van der Waals surface area contributed by atoms with Crippen molar-refractivity contribution in [2.45, 2.75) is 25.3 Å². The number of nitrogens with one attached hydrogen (secondary N) is 1. The molecule has 3 amide bonds. The average Bonchev–Trinajstić information content (AvgIpc) is 3.34. The fourth-order valence-corrected chi connectivity index (χ4v) is 5.65. The van der Waals surface area contributed by atoms with Gasteiger partial charge in [-0.05, 0) is 43.2 Å². The number of ether oxygens (including phenoxy) is 1. The highest BCUT2D eigenvalue weighted by molar-refractivity contribution is 6.24. The molecule has 6 rings (SSSR count). The molecule has 6 heteroatoms. The number of carbonyl (C=O) groups excluding carboxylic acids is 2. The molecule has 0 spiro atoms. The van der Waals surface area contributed by atoms with E-state index < -0.39 is 5.54 Å². The summed E-state index contributed by atoms with van der Waals surface area (Å²) in [6, 6.07) is 23.2. The van der Waals surface area contributed by atoms with E-state index in [9.17, 15) is 9.59 Å². The summed E-state index contributed by atoms with van der Waals surface area (Å²) in [5.41, 5.74) is 4.13. The number of anilines is 1. The number of aromatic nitrogens is 1. The second-order valence-corrected chi connectivity index (χ2v) is 9.15. The van der Waals surface area contributed by atoms with Crippen molar-refractivity contribution in [3.8, 4) is 5.75 Å². The molecule has 1 aromatic heterocycles. The van der Waals surface area contributed by atoms with Crippen molar-refractivity contribution in [1.82, 2.24) is 9.88 Å². The van der Waals surface area contributed by atoms with Gasteiger partial charge in [-0.2, -0.15) is 0 Å². The number of benzene rings is 3. The third-order valence-electron chi connectivity index (χ3n) is 7.40. The van der Waals surface area contributed by atoms with Crippen molar-refractivity contribution < 1.29 is 14.3 Å². The van der Waals surface area contributed by atoms with Gasteiger partial charge in [0.05, 0.1) is 18.5 Å². The number of amides is 3. The predicted molar refractivity (Wildman–Crippen MR) is 131 cm³/mol. The number of imide groups is 1. The number of urea groups is 1. The minimum absolute atomic E-state index is 0.149. The van der Waals surface area contributed by atoms with Gasteiger partial charge in [-0.3, -0.25) is 4.79 Å². The quantitative estimate of drug-likeness (QED) is 0.429. The maximum atomic E-state index is 14.0. The summed E-state index contributed by atoms with van der Waals surface area (Å²) in [6.07, 6.45) is 0. The molecule has 0 saturated carbocycles. The Balaban J connectivity index is 1.62. The number of fused-ring (bicyclic) bond motifs is 5. The molecule has 0 bridgehead atoms. The van der Waals surface area contributed by atoms with Crippen molar-refractivity contribution in [1.29, 1.82) is 0 Å². The third kappa shape index (κ3) is 2.56. The van der Waals surface area contributed by atoms with Gasteiger partial charge in [0.1, 0.15) is 5.75 Å². The van der Waals surface area contributed by atoms with Crippen LogP contribution in [0.4, 0.5) is 10.5 Å². The van der Waals surface area contributed by atoms with Crippen LogP contribution < -0.4 is 9.64 Å². The van der Waals surface area contributed by atoms with Gasteiger partial charge in [-0.25, -0.2) is 9.69 Å². The molecule has 1 saturated heterocycles. The van der Waals surface area contributed by atoms with E-state index in [1.54, 1.807) is 12.0 Å².